The second kappa shape index (κ2) is 8.43. The van der Waals surface area contributed by atoms with Gasteiger partial charge < -0.3 is 9.42 Å². The maximum Gasteiger partial charge on any atom is 0.417 e. The Morgan fingerprint density at radius 3 is 2.40 bits per heavy atom. The first-order valence-corrected chi connectivity index (χ1v) is 9.78. The van der Waals surface area contributed by atoms with Crippen LogP contribution in [0.3, 0.4) is 0 Å². The number of nitrogens with zero attached hydrogens (tertiary/aromatic N) is 5. The molecular formula is C21H22F3N5O. The van der Waals surface area contributed by atoms with Crippen LogP contribution in [0.15, 0.2) is 53.2 Å². The highest BCUT2D eigenvalue weighted by Crippen LogP contribution is 2.29. The van der Waals surface area contributed by atoms with Crippen LogP contribution in [0.1, 0.15) is 35.7 Å². The summed E-state index contributed by atoms with van der Waals surface area (Å²) in [7, 11) is 0. The van der Waals surface area contributed by atoms with Crippen molar-refractivity contribution in [2.75, 3.05) is 31.1 Å². The highest BCUT2D eigenvalue weighted by Gasteiger charge is 2.31. The maximum atomic E-state index is 12.7. The molecule has 30 heavy (non-hydrogen) atoms. The molecule has 9 heteroatoms. The van der Waals surface area contributed by atoms with Gasteiger partial charge in [-0.2, -0.15) is 18.2 Å². The van der Waals surface area contributed by atoms with Crippen LogP contribution >= 0.6 is 0 Å². The molecule has 0 spiro atoms. The Morgan fingerprint density at radius 1 is 1.03 bits per heavy atom. The molecule has 1 aliphatic heterocycles. The van der Waals surface area contributed by atoms with E-state index in [4.69, 9.17) is 4.52 Å². The fourth-order valence-electron chi connectivity index (χ4n) is 3.47. The number of alkyl halides is 3. The highest BCUT2D eigenvalue weighted by molar-refractivity contribution is 5.40. The molecule has 1 aliphatic rings. The molecule has 0 N–H and O–H groups in total. The van der Waals surface area contributed by atoms with Gasteiger partial charge in [-0.25, -0.2) is 4.98 Å². The molecule has 1 unspecified atom stereocenters. The van der Waals surface area contributed by atoms with E-state index in [1.165, 1.54) is 6.07 Å². The number of pyridine rings is 1. The van der Waals surface area contributed by atoms with Gasteiger partial charge in [0.1, 0.15) is 5.82 Å². The summed E-state index contributed by atoms with van der Waals surface area (Å²) in [5.74, 6) is 1.82. The van der Waals surface area contributed by atoms with Gasteiger partial charge in [-0.3, -0.25) is 4.90 Å². The van der Waals surface area contributed by atoms with E-state index in [-0.39, 0.29) is 5.92 Å². The van der Waals surface area contributed by atoms with Crippen LogP contribution in [-0.4, -0.2) is 46.2 Å². The number of aromatic nitrogens is 3. The number of piperazine rings is 1. The SMILES string of the molecule is CC(c1ccccc1)c1noc(CN2CCN(c3ccc(C(F)(F)F)cn3)CC2)n1. The molecule has 2 aromatic heterocycles. The normalized spacial score (nSPS) is 16.6. The Balaban J connectivity index is 1.32. The van der Waals surface area contributed by atoms with Crippen LogP contribution in [0.4, 0.5) is 19.0 Å². The van der Waals surface area contributed by atoms with Crippen molar-refractivity contribution in [2.24, 2.45) is 0 Å². The summed E-state index contributed by atoms with van der Waals surface area (Å²) < 4.78 is 43.5. The smallest absolute Gasteiger partial charge is 0.354 e. The molecule has 0 amide bonds. The first-order valence-electron chi connectivity index (χ1n) is 9.78. The van der Waals surface area contributed by atoms with Gasteiger partial charge in [0.15, 0.2) is 5.82 Å². The topological polar surface area (TPSA) is 58.3 Å². The maximum absolute atomic E-state index is 12.7. The summed E-state index contributed by atoms with van der Waals surface area (Å²) in [6.07, 6.45) is -3.49. The summed E-state index contributed by atoms with van der Waals surface area (Å²) in [4.78, 5) is 12.7. The van der Waals surface area contributed by atoms with E-state index in [0.717, 1.165) is 30.9 Å². The quantitative estimate of drug-likeness (QED) is 0.627. The van der Waals surface area contributed by atoms with Crippen molar-refractivity contribution in [1.29, 1.82) is 0 Å². The van der Waals surface area contributed by atoms with Crippen LogP contribution in [0, 0.1) is 0 Å². The Kier molecular flexibility index (Phi) is 5.72. The fraction of sp³-hybridized carbons (Fsp3) is 0.381. The minimum Gasteiger partial charge on any atom is -0.354 e. The highest BCUT2D eigenvalue weighted by atomic mass is 19.4. The van der Waals surface area contributed by atoms with E-state index in [1.807, 2.05) is 42.2 Å². The van der Waals surface area contributed by atoms with Crippen molar-refractivity contribution in [1.82, 2.24) is 20.0 Å². The molecule has 1 fully saturated rings. The van der Waals surface area contributed by atoms with Gasteiger partial charge in [-0.05, 0) is 17.7 Å². The van der Waals surface area contributed by atoms with E-state index in [1.54, 1.807) is 0 Å². The average Bonchev–Trinajstić information content (AvgIpc) is 3.22. The lowest BCUT2D eigenvalue weighted by atomic mass is 10.0. The van der Waals surface area contributed by atoms with E-state index >= 15 is 0 Å². The van der Waals surface area contributed by atoms with E-state index in [9.17, 15) is 13.2 Å². The molecule has 6 nitrogen and oxygen atoms in total. The van der Waals surface area contributed by atoms with Crippen LogP contribution < -0.4 is 4.90 Å². The third-order valence-corrected chi connectivity index (χ3v) is 5.30. The number of benzene rings is 1. The molecule has 1 aromatic carbocycles. The first-order chi connectivity index (χ1) is 14.4. The predicted molar refractivity (Wildman–Crippen MR) is 105 cm³/mol. The zero-order valence-corrected chi connectivity index (χ0v) is 16.5. The van der Waals surface area contributed by atoms with Crippen LogP contribution in [-0.2, 0) is 12.7 Å². The lowest BCUT2D eigenvalue weighted by molar-refractivity contribution is -0.137. The van der Waals surface area contributed by atoms with Crippen LogP contribution in [0.2, 0.25) is 0 Å². The van der Waals surface area contributed by atoms with E-state index < -0.39 is 11.7 Å². The number of halogens is 3. The Labute approximate surface area is 172 Å². The van der Waals surface area contributed by atoms with Gasteiger partial charge in [-0.1, -0.05) is 42.4 Å². The molecule has 1 atom stereocenters. The van der Waals surface area contributed by atoms with Gasteiger partial charge in [0.25, 0.3) is 0 Å². The molecule has 0 aliphatic carbocycles. The monoisotopic (exact) mass is 417 g/mol. The third kappa shape index (κ3) is 4.62. The van der Waals surface area contributed by atoms with Gasteiger partial charge >= 0.3 is 6.18 Å². The van der Waals surface area contributed by atoms with E-state index in [0.29, 0.717) is 37.2 Å². The van der Waals surface area contributed by atoms with Crippen LogP contribution in [0.25, 0.3) is 0 Å². The zero-order valence-electron chi connectivity index (χ0n) is 16.5. The molecule has 3 aromatic rings. The Bertz CT molecular complexity index is 951. The lowest BCUT2D eigenvalue weighted by Crippen LogP contribution is -2.46. The summed E-state index contributed by atoms with van der Waals surface area (Å²) in [6, 6.07) is 12.5. The molecule has 0 saturated carbocycles. The summed E-state index contributed by atoms with van der Waals surface area (Å²) in [5, 5.41) is 4.12. The van der Waals surface area contributed by atoms with Crippen molar-refractivity contribution in [3.63, 3.8) is 0 Å². The second-order valence-electron chi connectivity index (χ2n) is 7.34. The first kappa shape index (κ1) is 20.3. The van der Waals surface area contributed by atoms with Crippen molar-refractivity contribution in [3.05, 3.63) is 71.5 Å². The largest absolute Gasteiger partial charge is 0.417 e. The van der Waals surface area contributed by atoms with Crippen molar-refractivity contribution in [2.45, 2.75) is 25.6 Å². The summed E-state index contributed by atoms with van der Waals surface area (Å²) >= 11 is 0. The van der Waals surface area contributed by atoms with Gasteiger partial charge in [-0.15, -0.1) is 0 Å². The molecule has 0 radical (unpaired) electrons. The summed E-state index contributed by atoms with van der Waals surface area (Å²) in [6.45, 7) is 5.38. The zero-order chi connectivity index (χ0) is 21.1. The minimum atomic E-state index is -4.37. The van der Waals surface area contributed by atoms with Crippen LogP contribution in [0.5, 0.6) is 0 Å². The van der Waals surface area contributed by atoms with Gasteiger partial charge in [0, 0.05) is 38.3 Å². The molecule has 3 heterocycles. The fourth-order valence-corrected chi connectivity index (χ4v) is 3.47. The number of hydrogen-bond acceptors (Lipinski definition) is 6. The lowest BCUT2D eigenvalue weighted by Gasteiger charge is -2.34. The summed E-state index contributed by atoms with van der Waals surface area (Å²) in [5.41, 5.74) is 0.393. The van der Waals surface area contributed by atoms with E-state index in [2.05, 4.69) is 20.0 Å². The number of anilines is 1. The second-order valence-corrected chi connectivity index (χ2v) is 7.34. The standard InChI is InChI=1S/C21H22F3N5O/c1-15(16-5-3-2-4-6-16)20-26-19(30-27-20)14-28-9-11-29(12-10-28)18-8-7-17(13-25-18)21(22,23)24/h2-8,13,15H,9-12,14H2,1H3. The molecule has 0 bridgehead atoms. The third-order valence-electron chi connectivity index (χ3n) is 5.30. The molecule has 158 valence electrons. The Morgan fingerprint density at radius 2 is 1.77 bits per heavy atom. The number of rotatable bonds is 5. The van der Waals surface area contributed by atoms with Gasteiger partial charge in [0.05, 0.1) is 12.1 Å². The van der Waals surface area contributed by atoms with Gasteiger partial charge in [0.2, 0.25) is 5.89 Å². The Hall–Kier alpha value is -2.94. The molecule has 4 rings (SSSR count). The van der Waals surface area contributed by atoms with Crippen molar-refractivity contribution >= 4 is 5.82 Å². The molecular weight excluding hydrogens is 395 g/mol. The van der Waals surface area contributed by atoms with Crippen molar-refractivity contribution in [3.8, 4) is 0 Å². The minimum absolute atomic E-state index is 0.0475. The average molecular weight is 417 g/mol. The van der Waals surface area contributed by atoms with Crippen molar-refractivity contribution < 1.29 is 17.7 Å². The molecule has 1 saturated heterocycles. The predicted octanol–water partition coefficient (Wildman–Crippen LogP) is 3.96. The number of hydrogen-bond donors (Lipinski definition) is 0.